The molecule has 0 aliphatic carbocycles. The Bertz CT molecular complexity index is 612. The van der Waals surface area contributed by atoms with Crippen LogP contribution in [0.4, 0.5) is 0 Å². The van der Waals surface area contributed by atoms with Crippen molar-refractivity contribution in [3.63, 3.8) is 0 Å². The minimum Gasteiger partial charge on any atom is -0.421 e. The molecule has 1 heterocycles. The van der Waals surface area contributed by atoms with Gasteiger partial charge in [-0.2, -0.15) is 0 Å². The summed E-state index contributed by atoms with van der Waals surface area (Å²) >= 11 is 6.08. The first-order valence-corrected chi connectivity index (χ1v) is 7.34. The molecule has 6 heteroatoms. The van der Waals surface area contributed by atoms with Gasteiger partial charge in [0.15, 0.2) is 0 Å². The monoisotopic (exact) mass is 307 g/mol. The Balaban J connectivity index is 1.95. The second-order valence-corrected chi connectivity index (χ2v) is 5.26. The zero-order valence-corrected chi connectivity index (χ0v) is 12.9. The summed E-state index contributed by atoms with van der Waals surface area (Å²) in [4.78, 5) is 11.7. The van der Waals surface area contributed by atoms with Crippen LogP contribution in [0, 0.1) is 0 Å². The SMILES string of the molecule is CCC(C)NC(=O)CCc1nnc(-c2ccccc2Cl)o1. The number of hydrogen-bond acceptors (Lipinski definition) is 4. The number of aryl methyl sites for hydroxylation is 1. The smallest absolute Gasteiger partial charge is 0.249 e. The molecule has 0 spiro atoms. The quantitative estimate of drug-likeness (QED) is 0.889. The van der Waals surface area contributed by atoms with Gasteiger partial charge in [-0.1, -0.05) is 30.7 Å². The Morgan fingerprint density at radius 2 is 2.14 bits per heavy atom. The molecule has 1 aromatic heterocycles. The highest BCUT2D eigenvalue weighted by Crippen LogP contribution is 2.26. The van der Waals surface area contributed by atoms with Crippen molar-refractivity contribution in [2.75, 3.05) is 0 Å². The maximum Gasteiger partial charge on any atom is 0.249 e. The van der Waals surface area contributed by atoms with E-state index in [1.165, 1.54) is 0 Å². The molecule has 1 amide bonds. The predicted octanol–water partition coefficient (Wildman–Crippen LogP) is 3.24. The van der Waals surface area contributed by atoms with Crippen LogP contribution in [-0.4, -0.2) is 22.1 Å². The Morgan fingerprint density at radius 1 is 1.38 bits per heavy atom. The Kier molecular flexibility index (Phi) is 5.33. The molecule has 1 atom stereocenters. The van der Waals surface area contributed by atoms with Crippen molar-refractivity contribution in [1.82, 2.24) is 15.5 Å². The second-order valence-electron chi connectivity index (χ2n) is 4.86. The van der Waals surface area contributed by atoms with E-state index in [4.69, 9.17) is 16.0 Å². The number of hydrogen-bond donors (Lipinski definition) is 1. The van der Waals surface area contributed by atoms with E-state index < -0.39 is 0 Å². The molecule has 0 aliphatic rings. The van der Waals surface area contributed by atoms with E-state index in [1.807, 2.05) is 32.0 Å². The summed E-state index contributed by atoms with van der Waals surface area (Å²) in [6, 6.07) is 7.45. The summed E-state index contributed by atoms with van der Waals surface area (Å²) in [5, 5.41) is 11.4. The zero-order valence-electron chi connectivity index (χ0n) is 12.1. The van der Waals surface area contributed by atoms with Crippen LogP contribution in [-0.2, 0) is 11.2 Å². The van der Waals surface area contributed by atoms with Crippen molar-refractivity contribution < 1.29 is 9.21 Å². The lowest BCUT2D eigenvalue weighted by Gasteiger charge is -2.10. The number of amides is 1. The van der Waals surface area contributed by atoms with Gasteiger partial charge in [0.05, 0.1) is 10.6 Å². The molecule has 0 fully saturated rings. The fourth-order valence-corrected chi connectivity index (χ4v) is 1.98. The van der Waals surface area contributed by atoms with Crippen molar-refractivity contribution in [2.24, 2.45) is 0 Å². The topological polar surface area (TPSA) is 68.0 Å². The summed E-state index contributed by atoms with van der Waals surface area (Å²) in [6.07, 6.45) is 1.65. The molecule has 1 N–H and O–H groups in total. The summed E-state index contributed by atoms with van der Waals surface area (Å²) in [7, 11) is 0. The summed E-state index contributed by atoms with van der Waals surface area (Å²) in [5.41, 5.74) is 0.696. The van der Waals surface area contributed by atoms with Crippen LogP contribution >= 0.6 is 11.6 Å². The predicted molar refractivity (Wildman–Crippen MR) is 81.0 cm³/mol. The number of nitrogens with one attached hydrogen (secondary N) is 1. The van der Waals surface area contributed by atoms with Crippen LogP contribution in [0.25, 0.3) is 11.5 Å². The second kappa shape index (κ2) is 7.22. The molecule has 112 valence electrons. The minimum absolute atomic E-state index is 0.0122. The fourth-order valence-electron chi connectivity index (χ4n) is 1.77. The van der Waals surface area contributed by atoms with E-state index in [-0.39, 0.29) is 11.9 Å². The maximum absolute atomic E-state index is 11.7. The van der Waals surface area contributed by atoms with Gasteiger partial charge in [0, 0.05) is 18.9 Å². The fraction of sp³-hybridized carbons (Fsp3) is 0.400. The van der Waals surface area contributed by atoms with E-state index in [0.29, 0.717) is 35.2 Å². The highest BCUT2D eigenvalue weighted by Gasteiger charge is 2.13. The van der Waals surface area contributed by atoms with Crippen LogP contribution in [0.1, 0.15) is 32.6 Å². The van der Waals surface area contributed by atoms with Gasteiger partial charge in [-0.3, -0.25) is 4.79 Å². The van der Waals surface area contributed by atoms with Gasteiger partial charge in [-0.25, -0.2) is 0 Å². The number of benzene rings is 1. The zero-order chi connectivity index (χ0) is 15.2. The first kappa shape index (κ1) is 15.5. The Labute approximate surface area is 128 Å². The molecular formula is C15H18ClN3O2. The third-order valence-electron chi connectivity index (χ3n) is 3.16. The average Bonchev–Trinajstić information content (AvgIpc) is 2.94. The van der Waals surface area contributed by atoms with E-state index in [2.05, 4.69) is 15.5 Å². The van der Waals surface area contributed by atoms with E-state index in [9.17, 15) is 4.79 Å². The maximum atomic E-state index is 11.7. The van der Waals surface area contributed by atoms with Crippen molar-refractivity contribution >= 4 is 17.5 Å². The lowest BCUT2D eigenvalue weighted by atomic mass is 10.2. The first-order valence-electron chi connectivity index (χ1n) is 6.96. The third kappa shape index (κ3) is 4.29. The molecular weight excluding hydrogens is 290 g/mol. The average molecular weight is 308 g/mol. The van der Waals surface area contributed by atoms with Crippen LogP contribution in [0.15, 0.2) is 28.7 Å². The van der Waals surface area contributed by atoms with Gasteiger partial charge >= 0.3 is 0 Å². The van der Waals surface area contributed by atoms with Gasteiger partial charge < -0.3 is 9.73 Å². The number of halogens is 1. The van der Waals surface area contributed by atoms with Crippen molar-refractivity contribution in [3.05, 3.63) is 35.2 Å². The van der Waals surface area contributed by atoms with Crippen LogP contribution in [0.5, 0.6) is 0 Å². The van der Waals surface area contributed by atoms with Gasteiger partial charge in [0.1, 0.15) is 0 Å². The molecule has 1 unspecified atom stereocenters. The van der Waals surface area contributed by atoms with Gasteiger partial charge in [0.25, 0.3) is 0 Å². The van der Waals surface area contributed by atoms with Crippen molar-refractivity contribution in [1.29, 1.82) is 0 Å². The minimum atomic E-state index is -0.0122. The van der Waals surface area contributed by atoms with Crippen LogP contribution in [0.3, 0.4) is 0 Å². The number of rotatable bonds is 6. The van der Waals surface area contributed by atoms with Gasteiger partial charge in [0.2, 0.25) is 17.7 Å². The summed E-state index contributed by atoms with van der Waals surface area (Å²) in [6.45, 7) is 4.00. The highest BCUT2D eigenvalue weighted by atomic mass is 35.5. The highest BCUT2D eigenvalue weighted by molar-refractivity contribution is 6.33. The molecule has 0 radical (unpaired) electrons. The van der Waals surface area contributed by atoms with E-state index in [0.717, 1.165) is 6.42 Å². The molecule has 21 heavy (non-hydrogen) atoms. The number of carbonyl (C=O) groups excluding carboxylic acids is 1. The first-order chi connectivity index (χ1) is 10.1. The molecule has 0 saturated carbocycles. The van der Waals surface area contributed by atoms with E-state index in [1.54, 1.807) is 6.07 Å². The largest absolute Gasteiger partial charge is 0.421 e. The standard InChI is InChI=1S/C15H18ClN3O2/c1-3-10(2)17-13(20)8-9-14-18-19-15(21-14)11-6-4-5-7-12(11)16/h4-7,10H,3,8-9H2,1-2H3,(H,17,20). The summed E-state index contributed by atoms with van der Waals surface area (Å²) in [5.74, 6) is 0.795. The van der Waals surface area contributed by atoms with Crippen LogP contribution < -0.4 is 5.32 Å². The summed E-state index contributed by atoms with van der Waals surface area (Å²) < 4.78 is 5.55. The van der Waals surface area contributed by atoms with Crippen molar-refractivity contribution in [2.45, 2.75) is 39.2 Å². The molecule has 0 aliphatic heterocycles. The molecule has 0 saturated heterocycles. The number of nitrogens with zero attached hydrogens (tertiary/aromatic N) is 2. The van der Waals surface area contributed by atoms with Gasteiger partial charge in [-0.15, -0.1) is 10.2 Å². The molecule has 2 rings (SSSR count). The van der Waals surface area contributed by atoms with Crippen LogP contribution in [0.2, 0.25) is 5.02 Å². The Hall–Kier alpha value is -1.88. The molecule has 2 aromatic rings. The number of carbonyl (C=O) groups is 1. The molecule has 0 bridgehead atoms. The molecule has 5 nitrogen and oxygen atoms in total. The van der Waals surface area contributed by atoms with Gasteiger partial charge in [-0.05, 0) is 25.5 Å². The normalized spacial score (nSPS) is 12.1. The Morgan fingerprint density at radius 3 is 2.86 bits per heavy atom. The lowest BCUT2D eigenvalue weighted by molar-refractivity contribution is -0.121. The van der Waals surface area contributed by atoms with Crippen molar-refractivity contribution in [3.8, 4) is 11.5 Å². The lowest BCUT2D eigenvalue weighted by Crippen LogP contribution is -2.32. The number of aromatic nitrogens is 2. The third-order valence-corrected chi connectivity index (χ3v) is 3.49. The van der Waals surface area contributed by atoms with E-state index >= 15 is 0 Å². The molecule has 1 aromatic carbocycles.